The minimum atomic E-state index is -0.257. The monoisotopic (exact) mass is 458 g/mol. The fourth-order valence-corrected chi connectivity index (χ4v) is 5.52. The summed E-state index contributed by atoms with van der Waals surface area (Å²) in [5.41, 5.74) is 1.31. The predicted molar refractivity (Wildman–Crippen MR) is 131 cm³/mol. The molecular weight excluding hydrogens is 428 g/mol. The highest BCUT2D eigenvalue weighted by atomic mass is 32.2. The number of thiocarbonyl (C=S) groups is 1. The highest BCUT2D eigenvalue weighted by Gasteiger charge is 2.33. The van der Waals surface area contributed by atoms with E-state index in [1.165, 1.54) is 18.2 Å². The van der Waals surface area contributed by atoms with Gasteiger partial charge in [-0.15, -0.1) is 0 Å². The van der Waals surface area contributed by atoms with Crippen molar-refractivity contribution < 1.29 is 4.79 Å². The van der Waals surface area contributed by atoms with Crippen LogP contribution in [-0.2, 0) is 11.3 Å². The molecule has 0 radical (unpaired) electrons. The van der Waals surface area contributed by atoms with E-state index in [4.69, 9.17) is 12.2 Å². The third kappa shape index (κ3) is 4.73. The second kappa shape index (κ2) is 10.5. The molecule has 1 aromatic rings. The number of carbonyl (C=O) groups is 1. The van der Waals surface area contributed by atoms with Gasteiger partial charge in [0.25, 0.3) is 11.5 Å². The molecule has 2 saturated heterocycles. The van der Waals surface area contributed by atoms with E-state index in [0.29, 0.717) is 27.9 Å². The van der Waals surface area contributed by atoms with Crippen molar-refractivity contribution in [3.63, 3.8) is 0 Å². The lowest BCUT2D eigenvalue weighted by Gasteiger charge is -2.33. The van der Waals surface area contributed by atoms with Crippen molar-refractivity contribution in [2.45, 2.75) is 65.8 Å². The van der Waals surface area contributed by atoms with Gasteiger partial charge in [0.15, 0.2) is 0 Å². The second-order valence-electron chi connectivity index (χ2n) is 7.99. The second-order valence-corrected chi connectivity index (χ2v) is 9.66. The minimum absolute atomic E-state index is 0.0807. The van der Waals surface area contributed by atoms with Crippen LogP contribution in [-0.4, -0.2) is 39.3 Å². The van der Waals surface area contributed by atoms with E-state index >= 15 is 0 Å². The standard InChI is InChI=1S/C23H30N4O2S2/c1-4-6-8-13-27-22(29)19(31-23(27)30)14-17-16(3)18(15-24)21(28)26(5-2)20(17)25-11-9-7-10-12-25/h14H,4-13H2,1-3H3/b19-14-. The maximum atomic E-state index is 13.1. The quantitative estimate of drug-likeness (QED) is 0.342. The number of rotatable bonds is 7. The van der Waals surface area contributed by atoms with Crippen LogP contribution < -0.4 is 10.5 Å². The third-order valence-corrected chi connectivity index (χ3v) is 7.33. The van der Waals surface area contributed by atoms with Crippen LogP contribution in [0.4, 0.5) is 5.82 Å². The van der Waals surface area contributed by atoms with Gasteiger partial charge in [-0.1, -0.05) is 43.7 Å². The summed E-state index contributed by atoms with van der Waals surface area (Å²) in [5, 5.41) is 9.66. The van der Waals surface area contributed by atoms with Gasteiger partial charge in [-0.05, 0) is 51.2 Å². The number of hydrogen-bond acceptors (Lipinski definition) is 6. The third-order valence-electron chi connectivity index (χ3n) is 5.95. The van der Waals surface area contributed by atoms with Gasteiger partial charge in [-0.3, -0.25) is 19.1 Å². The molecule has 8 heteroatoms. The molecule has 3 heterocycles. The maximum Gasteiger partial charge on any atom is 0.270 e. The van der Waals surface area contributed by atoms with E-state index in [9.17, 15) is 14.9 Å². The van der Waals surface area contributed by atoms with E-state index in [1.807, 2.05) is 13.0 Å². The largest absolute Gasteiger partial charge is 0.357 e. The van der Waals surface area contributed by atoms with Crippen molar-refractivity contribution in [2.24, 2.45) is 0 Å². The molecule has 1 aromatic heterocycles. The molecule has 0 N–H and O–H groups in total. The zero-order chi connectivity index (χ0) is 22.5. The molecule has 0 saturated carbocycles. The molecule has 0 bridgehead atoms. The smallest absolute Gasteiger partial charge is 0.270 e. The van der Waals surface area contributed by atoms with E-state index in [0.717, 1.165) is 56.6 Å². The molecule has 0 aliphatic carbocycles. The Morgan fingerprint density at radius 3 is 2.48 bits per heavy atom. The first kappa shape index (κ1) is 23.6. The van der Waals surface area contributed by atoms with Gasteiger partial charge >= 0.3 is 0 Å². The first-order valence-electron chi connectivity index (χ1n) is 11.1. The Morgan fingerprint density at radius 1 is 1.16 bits per heavy atom. The van der Waals surface area contributed by atoms with Gasteiger partial charge in [0.2, 0.25) is 0 Å². The molecule has 0 spiro atoms. The van der Waals surface area contributed by atoms with Crippen LogP contribution in [0.5, 0.6) is 0 Å². The molecule has 0 aromatic carbocycles. The van der Waals surface area contributed by atoms with Crippen LogP contribution in [0.2, 0.25) is 0 Å². The number of unbranched alkanes of at least 4 members (excludes halogenated alkanes) is 2. The molecule has 3 rings (SSSR count). The van der Waals surface area contributed by atoms with Gasteiger partial charge < -0.3 is 4.90 Å². The zero-order valence-corrected chi connectivity index (χ0v) is 20.2. The van der Waals surface area contributed by atoms with E-state index in [-0.39, 0.29) is 17.0 Å². The van der Waals surface area contributed by atoms with Gasteiger partial charge in [0, 0.05) is 31.7 Å². The number of piperidine rings is 1. The molecule has 2 fully saturated rings. The van der Waals surface area contributed by atoms with Gasteiger partial charge in [0.05, 0.1) is 4.91 Å². The molecule has 6 nitrogen and oxygen atoms in total. The minimum Gasteiger partial charge on any atom is -0.357 e. The average molecular weight is 459 g/mol. The van der Waals surface area contributed by atoms with Crippen LogP contribution in [0.3, 0.4) is 0 Å². The average Bonchev–Trinajstić information content (AvgIpc) is 3.03. The van der Waals surface area contributed by atoms with Crippen LogP contribution in [0.25, 0.3) is 6.08 Å². The SMILES string of the molecule is CCCCCN1C(=O)/C(=C/c2c(C)c(C#N)c(=O)n(CC)c2N2CCCCC2)SC1=S. The number of carbonyl (C=O) groups excluding carboxylic acids is 1. The summed E-state index contributed by atoms with van der Waals surface area (Å²) in [6.45, 7) is 8.69. The molecule has 1 amide bonds. The summed E-state index contributed by atoms with van der Waals surface area (Å²) in [6, 6.07) is 2.09. The number of nitriles is 1. The molecule has 31 heavy (non-hydrogen) atoms. The van der Waals surface area contributed by atoms with Crippen molar-refractivity contribution in [1.82, 2.24) is 9.47 Å². The van der Waals surface area contributed by atoms with Gasteiger partial charge in [-0.2, -0.15) is 5.26 Å². The summed E-state index contributed by atoms with van der Waals surface area (Å²) in [7, 11) is 0. The van der Waals surface area contributed by atoms with E-state index in [1.54, 1.807) is 16.4 Å². The number of thioether (sulfide) groups is 1. The molecule has 166 valence electrons. The Kier molecular flexibility index (Phi) is 7.95. The van der Waals surface area contributed by atoms with Crippen molar-refractivity contribution in [2.75, 3.05) is 24.5 Å². The maximum absolute atomic E-state index is 13.1. The van der Waals surface area contributed by atoms with Crippen LogP contribution in [0.15, 0.2) is 9.70 Å². The topological polar surface area (TPSA) is 69.3 Å². The Morgan fingerprint density at radius 2 is 1.87 bits per heavy atom. The van der Waals surface area contributed by atoms with Crippen LogP contribution >= 0.6 is 24.0 Å². The summed E-state index contributed by atoms with van der Waals surface area (Å²) in [4.78, 5) is 30.6. The van der Waals surface area contributed by atoms with Crippen LogP contribution in [0, 0.1) is 18.3 Å². The summed E-state index contributed by atoms with van der Waals surface area (Å²) in [5.74, 6) is 0.739. The van der Waals surface area contributed by atoms with Crippen molar-refractivity contribution in [3.05, 3.63) is 31.9 Å². The fourth-order valence-electron chi connectivity index (χ4n) is 4.23. The Labute approximate surface area is 193 Å². The fraction of sp³-hybridized carbons (Fsp3) is 0.565. The van der Waals surface area contributed by atoms with E-state index < -0.39 is 0 Å². The highest BCUT2D eigenvalue weighted by Crippen LogP contribution is 2.36. The molecular formula is C23H30N4O2S2. The molecule has 2 aliphatic heterocycles. The number of hydrogen-bond donors (Lipinski definition) is 0. The normalized spacial score (nSPS) is 18.2. The molecule has 2 aliphatic rings. The van der Waals surface area contributed by atoms with Crippen molar-refractivity contribution in [3.8, 4) is 6.07 Å². The first-order chi connectivity index (χ1) is 14.9. The summed E-state index contributed by atoms with van der Waals surface area (Å²) >= 11 is 6.79. The highest BCUT2D eigenvalue weighted by molar-refractivity contribution is 8.26. The van der Waals surface area contributed by atoms with Crippen molar-refractivity contribution >= 4 is 46.1 Å². The van der Waals surface area contributed by atoms with Crippen molar-refractivity contribution in [1.29, 1.82) is 5.26 Å². The predicted octanol–water partition coefficient (Wildman–Crippen LogP) is 4.43. The first-order valence-corrected chi connectivity index (χ1v) is 12.3. The Bertz CT molecular complexity index is 1000. The zero-order valence-electron chi connectivity index (χ0n) is 18.6. The van der Waals surface area contributed by atoms with Crippen LogP contribution in [0.1, 0.15) is 69.1 Å². The number of aromatic nitrogens is 1. The number of anilines is 1. The lowest BCUT2D eigenvalue weighted by Crippen LogP contribution is -2.37. The molecule has 0 unspecified atom stereocenters. The number of nitrogens with zero attached hydrogens (tertiary/aromatic N) is 4. The summed E-state index contributed by atoms with van der Waals surface area (Å²) in [6.07, 6.45) is 8.22. The Hall–Kier alpha value is -2.11. The van der Waals surface area contributed by atoms with E-state index in [2.05, 4.69) is 17.9 Å². The lowest BCUT2D eigenvalue weighted by molar-refractivity contribution is -0.122. The number of pyridine rings is 1. The summed E-state index contributed by atoms with van der Waals surface area (Å²) < 4.78 is 2.26. The molecule has 0 atom stereocenters. The van der Waals surface area contributed by atoms with Gasteiger partial charge in [-0.25, -0.2) is 0 Å². The number of amides is 1. The van der Waals surface area contributed by atoms with Gasteiger partial charge in [0.1, 0.15) is 21.8 Å². The lowest BCUT2D eigenvalue weighted by atomic mass is 10.0. The Balaban J connectivity index is 2.11.